The fraction of sp³-hybridized carbons (Fsp3) is 0.211. The van der Waals surface area contributed by atoms with Crippen molar-refractivity contribution in [2.75, 3.05) is 31.1 Å². The smallest absolute Gasteiger partial charge is 0.253 e. The number of benzene rings is 2. The van der Waals surface area contributed by atoms with Crippen molar-refractivity contribution in [3.05, 3.63) is 60.2 Å². The monoisotopic (exact) mass is 359 g/mol. The summed E-state index contributed by atoms with van der Waals surface area (Å²) in [5, 5.41) is 18.0. The van der Waals surface area contributed by atoms with Crippen molar-refractivity contribution in [1.82, 2.24) is 30.2 Å². The van der Waals surface area contributed by atoms with E-state index in [2.05, 4.69) is 31.6 Å². The number of amides is 1. The van der Waals surface area contributed by atoms with Crippen LogP contribution >= 0.6 is 0 Å². The van der Waals surface area contributed by atoms with Crippen LogP contribution < -0.4 is 4.90 Å². The predicted octanol–water partition coefficient (Wildman–Crippen LogP) is 1.63. The lowest BCUT2D eigenvalue weighted by atomic mass is 10.1. The minimum Gasteiger partial charge on any atom is -0.352 e. The molecule has 1 fully saturated rings. The van der Waals surface area contributed by atoms with Gasteiger partial charge in [-0.1, -0.05) is 30.3 Å². The Morgan fingerprint density at radius 3 is 2.56 bits per heavy atom. The molecule has 8 nitrogen and oxygen atoms in total. The van der Waals surface area contributed by atoms with Gasteiger partial charge in [-0.2, -0.15) is 0 Å². The summed E-state index contributed by atoms with van der Waals surface area (Å²) in [7, 11) is 0. The predicted molar refractivity (Wildman–Crippen MR) is 101 cm³/mol. The molecule has 0 radical (unpaired) electrons. The molecule has 1 aliphatic heterocycles. The Balaban J connectivity index is 1.30. The molecule has 0 saturated carbocycles. The summed E-state index contributed by atoms with van der Waals surface area (Å²) in [5.41, 5.74) is 1.35. The molecular weight excluding hydrogens is 342 g/mol. The zero-order chi connectivity index (χ0) is 18.2. The quantitative estimate of drug-likeness (QED) is 0.541. The van der Waals surface area contributed by atoms with E-state index in [9.17, 15) is 4.79 Å². The van der Waals surface area contributed by atoms with E-state index in [1.165, 1.54) is 4.63 Å². The molecule has 27 heavy (non-hydrogen) atoms. The molecule has 0 atom stereocenters. The van der Waals surface area contributed by atoms with Crippen molar-refractivity contribution in [3.8, 4) is 0 Å². The van der Waals surface area contributed by atoms with Crippen molar-refractivity contribution < 1.29 is 4.79 Å². The number of hydrogen-bond donors (Lipinski definition) is 0. The second-order valence-corrected chi connectivity index (χ2v) is 6.56. The van der Waals surface area contributed by atoms with E-state index in [1.54, 1.807) is 0 Å². The van der Waals surface area contributed by atoms with Crippen molar-refractivity contribution in [3.63, 3.8) is 0 Å². The molecule has 1 amide bonds. The molecule has 0 unspecified atom stereocenters. The van der Waals surface area contributed by atoms with E-state index >= 15 is 0 Å². The Kier molecular flexibility index (Phi) is 3.67. The molecule has 1 saturated heterocycles. The highest BCUT2D eigenvalue weighted by Gasteiger charge is 2.23. The summed E-state index contributed by atoms with van der Waals surface area (Å²) >= 11 is 0. The lowest BCUT2D eigenvalue weighted by molar-refractivity contribution is 0.0746. The lowest BCUT2D eigenvalue weighted by Crippen LogP contribution is -2.49. The van der Waals surface area contributed by atoms with Gasteiger partial charge in [0, 0.05) is 31.7 Å². The number of nitrogens with zero attached hydrogens (tertiary/aromatic N) is 7. The molecule has 1 aliphatic rings. The number of rotatable bonds is 2. The molecular formula is C19H17N7O. The van der Waals surface area contributed by atoms with Crippen LogP contribution in [0.2, 0.25) is 0 Å². The third kappa shape index (κ3) is 2.84. The number of tetrazole rings is 1. The van der Waals surface area contributed by atoms with Gasteiger partial charge in [0.15, 0.2) is 11.5 Å². The van der Waals surface area contributed by atoms with E-state index in [1.807, 2.05) is 53.4 Å². The molecule has 0 aliphatic carbocycles. The number of anilines is 1. The Bertz CT molecular complexity index is 1130. The van der Waals surface area contributed by atoms with Crippen LogP contribution in [0.15, 0.2) is 54.6 Å². The number of carbonyl (C=O) groups excluding carboxylic acids is 1. The fourth-order valence-electron chi connectivity index (χ4n) is 3.45. The maximum Gasteiger partial charge on any atom is 0.253 e. The zero-order valence-corrected chi connectivity index (χ0v) is 14.6. The standard InChI is InChI=1S/C19H17N7O/c27-19(16-6-5-14-3-1-2-4-15(14)13-16)25-11-9-24(10-12-25)18-8-7-17-20-22-23-26(17)21-18/h1-8,13H,9-12H2. The fourth-order valence-corrected chi connectivity index (χ4v) is 3.45. The Morgan fingerprint density at radius 1 is 0.889 bits per heavy atom. The lowest BCUT2D eigenvalue weighted by Gasteiger charge is -2.35. The third-order valence-electron chi connectivity index (χ3n) is 4.94. The molecule has 0 bridgehead atoms. The maximum absolute atomic E-state index is 12.9. The van der Waals surface area contributed by atoms with Crippen LogP contribution in [0.5, 0.6) is 0 Å². The minimum atomic E-state index is 0.0734. The van der Waals surface area contributed by atoms with E-state index in [0.717, 1.165) is 35.2 Å². The molecule has 4 aromatic rings. The summed E-state index contributed by atoms with van der Waals surface area (Å²) in [5.74, 6) is 0.886. The van der Waals surface area contributed by atoms with Crippen LogP contribution in [0.25, 0.3) is 16.4 Å². The Morgan fingerprint density at radius 2 is 1.70 bits per heavy atom. The summed E-state index contributed by atoms with van der Waals surface area (Å²) < 4.78 is 1.42. The molecule has 0 spiro atoms. The van der Waals surface area contributed by atoms with Crippen molar-refractivity contribution >= 4 is 28.1 Å². The van der Waals surface area contributed by atoms with E-state index < -0.39 is 0 Å². The average Bonchev–Trinajstić information content (AvgIpc) is 3.21. The second kappa shape index (κ2) is 6.31. The van der Waals surface area contributed by atoms with E-state index in [0.29, 0.717) is 18.7 Å². The van der Waals surface area contributed by atoms with Gasteiger partial charge in [-0.3, -0.25) is 4.79 Å². The first-order valence-electron chi connectivity index (χ1n) is 8.86. The number of hydrogen-bond acceptors (Lipinski definition) is 6. The summed E-state index contributed by atoms with van der Waals surface area (Å²) in [6, 6.07) is 17.7. The molecule has 3 heterocycles. The number of piperazine rings is 1. The van der Waals surface area contributed by atoms with E-state index in [4.69, 9.17) is 0 Å². The van der Waals surface area contributed by atoms with Crippen LogP contribution in [0.1, 0.15) is 10.4 Å². The van der Waals surface area contributed by atoms with Crippen LogP contribution in [0, 0.1) is 0 Å². The second-order valence-electron chi connectivity index (χ2n) is 6.56. The molecule has 2 aromatic carbocycles. The van der Waals surface area contributed by atoms with Crippen molar-refractivity contribution in [1.29, 1.82) is 0 Å². The first kappa shape index (κ1) is 15.7. The van der Waals surface area contributed by atoms with Gasteiger partial charge in [-0.15, -0.1) is 14.8 Å². The van der Waals surface area contributed by atoms with Gasteiger partial charge in [0.1, 0.15) is 0 Å². The Labute approximate surface area is 155 Å². The third-order valence-corrected chi connectivity index (χ3v) is 4.94. The summed E-state index contributed by atoms with van der Waals surface area (Å²) in [4.78, 5) is 16.9. The number of fused-ring (bicyclic) bond motifs is 2. The van der Waals surface area contributed by atoms with Gasteiger partial charge in [0.2, 0.25) is 0 Å². The molecule has 2 aromatic heterocycles. The highest BCUT2D eigenvalue weighted by molar-refractivity contribution is 5.98. The van der Waals surface area contributed by atoms with Crippen LogP contribution in [-0.4, -0.2) is 62.2 Å². The maximum atomic E-state index is 12.9. The van der Waals surface area contributed by atoms with Gasteiger partial charge in [0.25, 0.3) is 5.91 Å². The average molecular weight is 359 g/mol. The molecule has 134 valence electrons. The normalized spacial score (nSPS) is 14.8. The zero-order valence-electron chi connectivity index (χ0n) is 14.6. The van der Waals surface area contributed by atoms with Crippen LogP contribution in [-0.2, 0) is 0 Å². The Hall–Kier alpha value is -3.55. The molecule has 5 rings (SSSR count). The SMILES string of the molecule is O=C(c1ccc2ccccc2c1)N1CCN(c2ccc3nnnn3n2)CC1. The number of aromatic nitrogens is 5. The van der Waals surface area contributed by atoms with Gasteiger partial charge in [-0.25, -0.2) is 0 Å². The first-order valence-corrected chi connectivity index (χ1v) is 8.86. The number of carbonyl (C=O) groups is 1. The van der Waals surface area contributed by atoms with Crippen LogP contribution in [0.4, 0.5) is 5.82 Å². The van der Waals surface area contributed by atoms with E-state index in [-0.39, 0.29) is 5.91 Å². The topological polar surface area (TPSA) is 79.5 Å². The van der Waals surface area contributed by atoms with Gasteiger partial charge in [0.05, 0.1) is 0 Å². The molecule has 8 heteroatoms. The summed E-state index contributed by atoms with van der Waals surface area (Å²) in [6.45, 7) is 2.75. The largest absolute Gasteiger partial charge is 0.352 e. The van der Waals surface area contributed by atoms with Gasteiger partial charge in [-0.05, 0) is 45.5 Å². The van der Waals surface area contributed by atoms with Crippen LogP contribution in [0.3, 0.4) is 0 Å². The van der Waals surface area contributed by atoms with Gasteiger partial charge >= 0.3 is 0 Å². The highest BCUT2D eigenvalue weighted by atomic mass is 16.2. The first-order chi connectivity index (χ1) is 13.3. The minimum absolute atomic E-state index is 0.0734. The highest BCUT2D eigenvalue weighted by Crippen LogP contribution is 2.19. The van der Waals surface area contributed by atoms with Gasteiger partial charge < -0.3 is 9.80 Å². The van der Waals surface area contributed by atoms with Crippen molar-refractivity contribution in [2.45, 2.75) is 0 Å². The molecule has 0 N–H and O–H groups in total. The van der Waals surface area contributed by atoms with Crippen molar-refractivity contribution in [2.24, 2.45) is 0 Å². The summed E-state index contributed by atoms with van der Waals surface area (Å²) in [6.07, 6.45) is 0.